The number of benzene rings is 2. The van der Waals surface area contributed by atoms with Gasteiger partial charge in [-0.05, 0) is 36.2 Å². The predicted octanol–water partition coefficient (Wildman–Crippen LogP) is 3.10. The van der Waals surface area contributed by atoms with Crippen molar-refractivity contribution in [2.45, 2.75) is 19.0 Å². The van der Waals surface area contributed by atoms with Crippen LogP contribution in [0, 0.1) is 5.82 Å². The van der Waals surface area contributed by atoms with Gasteiger partial charge in [-0.15, -0.1) is 0 Å². The van der Waals surface area contributed by atoms with Crippen molar-refractivity contribution in [3.05, 3.63) is 77.9 Å². The first kappa shape index (κ1) is 14.9. The smallest absolute Gasteiger partial charge is 0.125 e. The van der Waals surface area contributed by atoms with E-state index in [2.05, 4.69) is 16.5 Å². The fraction of sp³-hybridized carbons (Fsp3) is 0.211. The van der Waals surface area contributed by atoms with Crippen LogP contribution in [0.15, 0.2) is 60.9 Å². The van der Waals surface area contributed by atoms with Gasteiger partial charge in [0, 0.05) is 24.3 Å². The van der Waals surface area contributed by atoms with E-state index in [-0.39, 0.29) is 11.9 Å². The van der Waals surface area contributed by atoms with Gasteiger partial charge in [0.05, 0.1) is 11.9 Å². The van der Waals surface area contributed by atoms with Crippen molar-refractivity contribution in [3.8, 4) is 11.4 Å². The van der Waals surface area contributed by atoms with Crippen molar-refractivity contribution in [3.63, 3.8) is 0 Å². The summed E-state index contributed by atoms with van der Waals surface area (Å²) in [4.78, 5) is 0. The summed E-state index contributed by atoms with van der Waals surface area (Å²) in [7, 11) is 0. The van der Waals surface area contributed by atoms with E-state index in [0.717, 1.165) is 23.4 Å². The zero-order chi connectivity index (χ0) is 16.4. The summed E-state index contributed by atoms with van der Waals surface area (Å²) in [6.07, 6.45) is 4.67. The molecule has 1 aliphatic heterocycles. The topological polar surface area (TPSA) is 39.1 Å². The summed E-state index contributed by atoms with van der Waals surface area (Å²) in [5.41, 5.74) is 3.01. The molecule has 0 saturated heterocycles. The minimum atomic E-state index is -0.263. The van der Waals surface area contributed by atoms with Crippen LogP contribution in [0.1, 0.15) is 11.1 Å². The Hall–Kier alpha value is -2.66. The molecule has 0 aliphatic carbocycles. The molecule has 4 rings (SSSR count). The van der Waals surface area contributed by atoms with Gasteiger partial charge in [0.15, 0.2) is 0 Å². The van der Waals surface area contributed by atoms with Gasteiger partial charge in [0.25, 0.3) is 0 Å². The molecule has 1 unspecified atom stereocenters. The lowest BCUT2D eigenvalue weighted by molar-refractivity contribution is 0.238. The lowest BCUT2D eigenvalue weighted by Crippen LogP contribution is -2.38. The minimum absolute atomic E-state index is 0.263. The molecule has 122 valence electrons. The highest BCUT2D eigenvalue weighted by molar-refractivity contribution is 5.35. The SMILES string of the molecule is Fc1cccc(-n2cc(CNC3COc4ccccc4C3)cn2)c1. The van der Waals surface area contributed by atoms with E-state index in [0.29, 0.717) is 13.2 Å². The number of hydrogen-bond donors (Lipinski definition) is 1. The lowest BCUT2D eigenvalue weighted by atomic mass is 10.0. The summed E-state index contributed by atoms with van der Waals surface area (Å²) in [5, 5.41) is 7.81. The Morgan fingerprint density at radius 1 is 1.21 bits per heavy atom. The normalized spacial score (nSPS) is 16.5. The average molecular weight is 323 g/mol. The Balaban J connectivity index is 1.39. The van der Waals surface area contributed by atoms with Crippen LogP contribution in [-0.4, -0.2) is 22.4 Å². The summed E-state index contributed by atoms with van der Waals surface area (Å²) in [6.45, 7) is 1.36. The maximum atomic E-state index is 13.3. The zero-order valence-electron chi connectivity index (χ0n) is 13.2. The van der Waals surface area contributed by atoms with Gasteiger partial charge in [-0.3, -0.25) is 0 Å². The van der Waals surface area contributed by atoms with Gasteiger partial charge >= 0.3 is 0 Å². The third-order valence-electron chi connectivity index (χ3n) is 4.18. The maximum Gasteiger partial charge on any atom is 0.125 e. The molecule has 0 bridgehead atoms. The second kappa shape index (κ2) is 6.45. The first-order chi connectivity index (χ1) is 11.8. The van der Waals surface area contributed by atoms with Crippen LogP contribution < -0.4 is 10.1 Å². The van der Waals surface area contributed by atoms with Gasteiger partial charge in [-0.2, -0.15) is 5.10 Å². The number of nitrogens with one attached hydrogen (secondary N) is 1. The quantitative estimate of drug-likeness (QED) is 0.802. The standard InChI is InChI=1S/C19H18FN3O/c20-16-5-3-6-18(9-16)23-12-14(11-22-23)10-21-17-8-15-4-1-2-7-19(15)24-13-17/h1-7,9,11-12,17,21H,8,10,13H2. The van der Waals surface area contributed by atoms with Gasteiger partial charge < -0.3 is 10.1 Å². The van der Waals surface area contributed by atoms with Crippen LogP contribution >= 0.6 is 0 Å². The van der Waals surface area contributed by atoms with E-state index in [4.69, 9.17) is 4.74 Å². The summed E-state index contributed by atoms with van der Waals surface area (Å²) in [6, 6.07) is 14.8. The number of para-hydroxylation sites is 1. The molecule has 1 atom stereocenters. The van der Waals surface area contributed by atoms with E-state index in [1.165, 1.54) is 17.7 Å². The highest BCUT2D eigenvalue weighted by Gasteiger charge is 2.18. The number of rotatable bonds is 4. The summed E-state index contributed by atoms with van der Waals surface area (Å²) in [5.74, 6) is 0.718. The molecule has 3 aromatic rings. The predicted molar refractivity (Wildman–Crippen MR) is 89.8 cm³/mol. The van der Waals surface area contributed by atoms with Crippen molar-refractivity contribution >= 4 is 0 Å². The number of fused-ring (bicyclic) bond motifs is 1. The van der Waals surface area contributed by atoms with E-state index < -0.39 is 0 Å². The highest BCUT2D eigenvalue weighted by Crippen LogP contribution is 2.24. The van der Waals surface area contributed by atoms with Gasteiger partial charge in [0.2, 0.25) is 0 Å². The van der Waals surface area contributed by atoms with Crippen molar-refractivity contribution in [1.82, 2.24) is 15.1 Å². The van der Waals surface area contributed by atoms with Crippen LogP contribution in [-0.2, 0) is 13.0 Å². The molecule has 24 heavy (non-hydrogen) atoms. The second-order valence-corrected chi connectivity index (χ2v) is 5.97. The van der Waals surface area contributed by atoms with Crippen LogP contribution in [0.3, 0.4) is 0 Å². The zero-order valence-corrected chi connectivity index (χ0v) is 13.2. The molecule has 1 aromatic heterocycles. The van der Waals surface area contributed by atoms with Gasteiger partial charge in [0.1, 0.15) is 18.2 Å². The number of aromatic nitrogens is 2. The van der Waals surface area contributed by atoms with Crippen LogP contribution in [0.25, 0.3) is 5.69 Å². The lowest BCUT2D eigenvalue weighted by Gasteiger charge is -2.25. The molecule has 2 aromatic carbocycles. The van der Waals surface area contributed by atoms with Gasteiger partial charge in [-0.25, -0.2) is 9.07 Å². The van der Waals surface area contributed by atoms with Crippen LogP contribution in [0.4, 0.5) is 4.39 Å². The third kappa shape index (κ3) is 3.16. The van der Waals surface area contributed by atoms with E-state index in [9.17, 15) is 4.39 Å². The molecule has 0 spiro atoms. The molecule has 0 saturated carbocycles. The fourth-order valence-corrected chi connectivity index (χ4v) is 2.93. The fourth-order valence-electron chi connectivity index (χ4n) is 2.93. The van der Waals surface area contributed by atoms with E-state index in [1.54, 1.807) is 16.9 Å². The average Bonchev–Trinajstić information content (AvgIpc) is 3.09. The van der Waals surface area contributed by atoms with Crippen LogP contribution in [0.2, 0.25) is 0 Å². The molecule has 0 radical (unpaired) electrons. The molecular formula is C19H18FN3O. The molecular weight excluding hydrogens is 305 g/mol. The molecule has 0 amide bonds. The second-order valence-electron chi connectivity index (χ2n) is 5.97. The van der Waals surface area contributed by atoms with E-state index >= 15 is 0 Å². The first-order valence-electron chi connectivity index (χ1n) is 8.01. The minimum Gasteiger partial charge on any atom is -0.492 e. The highest BCUT2D eigenvalue weighted by atomic mass is 19.1. The number of halogens is 1. The molecule has 1 aliphatic rings. The van der Waals surface area contributed by atoms with Crippen molar-refractivity contribution in [2.24, 2.45) is 0 Å². The molecule has 5 heteroatoms. The first-order valence-corrected chi connectivity index (χ1v) is 8.01. The van der Waals surface area contributed by atoms with E-state index in [1.807, 2.05) is 30.5 Å². The Labute approximate surface area is 139 Å². The maximum absolute atomic E-state index is 13.3. The van der Waals surface area contributed by atoms with Crippen molar-refractivity contribution < 1.29 is 9.13 Å². The molecule has 1 N–H and O–H groups in total. The number of hydrogen-bond acceptors (Lipinski definition) is 3. The summed E-state index contributed by atoms with van der Waals surface area (Å²) >= 11 is 0. The van der Waals surface area contributed by atoms with Gasteiger partial charge in [-0.1, -0.05) is 24.3 Å². The largest absolute Gasteiger partial charge is 0.492 e. The molecule has 0 fully saturated rings. The number of nitrogens with zero attached hydrogens (tertiary/aromatic N) is 2. The van der Waals surface area contributed by atoms with Crippen LogP contribution in [0.5, 0.6) is 5.75 Å². The Bertz CT molecular complexity index is 846. The summed E-state index contributed by atoms with van der Waals surface area (Å²) < 4.78 is 20.8. The Morgan fingerprint density at radius 2 is 2.12 bits per heavy atom. The van der Waals surface area contributed by atoms with Crippen molar-refractivity contribution in [1.29, 1.82) is 0 Å². The Morgan fingerprint density at radius 3 is 3.04 bits per heavy atom. The third-order valence-corrected chi connectivity index (χ3v) is 4.18. The molecule has 4 nitrogen and oxygen atoms in total. The molecule has 2 heterocycles. The monoisotopic (exact) mass is 323 g/mol. The Kier molecular flexibility index (Phi) is 4.01. The number of ether oxygens (including phenoxy) is 1. The van der Waals surface area contributed by atoms with Crippen molar-refractivity contribution in [2.75, 3.05) is 6.61 Å².